The molecule has 3 heteroatoms. The Labute approximate surface area is 95.8 Å². The van der Waals surface area contributed by atoms with Gasteiger partial charge in [0.05, 0.1) is 4.90 Å². The molecule has 0 aliphatic rings. The van der Waals surface area contributed by atoms with Crippen molar-refractivity contribution >= 4 is 20.6 Å². The monoisotopic (exact) mass is 234 g/mol. The summed E-state index contributed by atoms with van der Waals surface area (Å²) in [5.41, 5.74) is 1.22. The molecular weight excluding hydrogens is 220 g/mol. The molecule has 0 amide bonds. The van der Waals surface area contributed by atoms with Gasteiger partial charge in [0.2, 0.25) is 0 Å². The summed E-state index contributed by atoms with van der Waals surface area (Å²) in [6.07, 6.45) is 2.19. The third-order valence-corrected chi connectivity index (χ3v) is 3.82. The van der Waals surface area contributed by atoms with Crippen molar-refractivity contribution in [3.05, 3.63) is 42.0 Å². The summed E-state index contributed by atoms with van der Waals surface area (Å²) in [4.78, 5) is 0.383. The summed E-state index contributed by atoms with van der Waals surface area (Å²) in [7, 11) is -3.11. The van der Waals surface area contributed by atoms with Gasteiger partial charge in [-0.2, -0.15) is 0 Å². The van der Waals surface area contributed by atoms with E-state index >= 15 is 0 Å². The molecule has 0 N–H and O–H groups in total. The maximum atomic E-state index is 11.4. The SMILES string of the molecule is CCc1ccc2ccc(S(C)(=O)=O)cc2c1. The predicted molar refractivity (Wildman–Crippen MR) is 66.4 cm³/mol. The van der Waals surface area contributed by atoms with Gasteiger partial charge in [-0.15, -0.1) is 0 Å². The molecule has 2 aromatic rings. The molecule has 0 aliphatic carbocycles. The van der Waals surface area contributed by atoms with Crippen molar-refractivity contribution in [3.63, 3.8) is 0 Å². The van der Waals surface area contributed by atoms with Crippen molar-refractivity contribution in [1.82, 2.24) is 0 Å². The Balaban J connectivity index is 2.69. The van der Waals surface area contributed by atoms with E-state index in [4.69, 9.17) is 0 Å². The maximum absolute atomic E-state index is 11.4. The summed E-state index contributed by atoms with van der Waals surface area (Å²) in [5.74, 6) is 0. The lowest BCUT2D eigenvalue weighted by Gasteiger charge is -2.03. The van der Waals surface area contributed by atoms with Gasteiger partial charge in [-0.1, -0.05) is 31.2 Å². The van der Waals surface area contributed by atoms with Gasteiger partial charge in [0.1, 0.15) is 0 Å². The molecule has 0 heterocycles. The molecule has 0 aromatic heterocycles. The third-order valence-electron chi connectivity index (χ3n) is 2.71. The van der Waals surface area contributed by atoms with Gasteiger partial charge in [0.15, 0.2) is 9.84 Å². The Bertz CT molecular complexity index is 627. The Hall–Kier alpha value is -1.35. The molecule has 0 aliphatic heterocycles. The first kappa shape index (κ1) is 11.1. The van der Waals surface area contributed by atoms with Crippen LogP contribution in [0.2, 0.25) is 0 Å². The van der Waals surface area contributed by atoms with Gasteiger partial charge in [-0.25, -0.2) is 8.42 Å². The molecule has 0 saturated carbocycles. The lowest BCUT2D eigenvalue weighted by atomic mass is 10.1. The van der Waals surface area contributed by atoms with Crippen molar-refractivity contribution in [2.45, 2.75) is 18.2 Å². The molecule has 2 aromatic carbocycles. The Kier molecular flexibility index (Phi) is 2.72. The van der Waals surface area contributed by atoms with E-state index in [1.165, 1.54) is 11.8 Å². The summed E-state index contributed by atoms with van der Waals surface area (Å²) in [5, 5.41) is 2.06. The molecule has 0 atom stereocenters. The van der Waals surface area contributed by atoms with Crippen LogP contribution in [0.25, 0.3) is 10.8 Å². The Morgan fingerprint density at radius 2 is 1.69 bits per heavy atom. The van der Waals surface area contributed by atoms with E-state index in [0.717, 1.165) is 17.2 Å². The molecule has 2 rings (SSSR count). The quantitative estimate of drug-likeness (QED) is 0.800. The summed E-state index contributed by atoms with van der Waals surface area (Å²) in [6.45, 7) is 2.08. The van der Waals surface area contributed by atoms with E-state index < -0.39 is 9.84 Å². The topological polar surface area (TPSA) is 34.1 Å². The largest absolute Gasteiger partial charge is 0.224 e. The van der Waals surface area contributed by atoms with Crippen LogP contribution in [-0.2, 0) is 16.3 Å². The molecule has 0 fully saturated rings. The molecule has 84 valence electrons. The molecule has 0 bridgehead atoms. The van der Waals surface area contributed by atoms with Crippen LogP contribution in [0.15, 0.2) is 41.3 Å². The van der Waals surface area contributed by atoms with Crippen LogP contribution >= 0.6 is 0 Å². The van der Waals surface area contributed by atoms with Crippen LogP contribution in [0.4, 0.5) is 0 Å². The standard InChI is InChI=1S/C13H14O2S/c1-3-10-4-5-11-6-7-13(16(2,14)15)9-12(11)8-10/h4-9H,3H2,1-2H3. The number of fused-ring (bicyclic) bond motifs is 1. The van der Waals surface area contributed by atoms with Crippen molar-refractivity contribution in [3.8, 4) is 0 Å². The fraction of sp³-hybridized carbons (Fsp3) is 0.231. The minimum absolute atomic E-state index is 0.383. The first-order valence-corrected chi connectivity index (χ1v) is 7.12. The summed E-state index contributed by atoms with van der Waals surface area (Å²) < 4.78 is 22.9. The number of hydrogen-bond acceptors (Lipinski definition) is 2. The zero-order valence-electron chi connectivity index (χ0n) is 9.40. The number of benzene rings is 2. The van der Waals surface area contributed by atoms with E-state index in [1.807, 2.05) is 18.2 Å². The van der Waals surface area contributed by atoms with Crippen molar-refractivity contribution < 1.29 is 8.42 Å². The smallest absolute Gasteiger partial charge is 0.175 e. The van der Waals surface area contributed by atoms with Crippen LogP contribution in [0, 0.1) is 0 Å². The Morgan fingerprint density at radius 1 is 1.00 bits per heavy atom. The third kappa shape index (κ3) is 2.09. The van der Waals surface area contributed by atoms with Gasteiger partial charge in [-0.3, -0.25) is 0 Å². The van der Waals surface area contributed by atoms with Gasteiger partial charge >= 0.3 is 0 Å². The fourth-order valence-electron chi connectivity index (χ4n) is 1.72. The molecule has 0 spiro atoms. The first-order chi connectivity index (χ1) is 7.50. The minimum atomic E-state index is -3.11. The first-order valence-electron chi connectivity index (χ1n) is 5.23. The van der Waals surface area contributed by atoms with E-state index in [1.54, 1.807) is 12.1 Å². The predicted octanol–water partition coefficient (Wildman–Crippen LogP) is 2.81. The highest BCUT2D eigenvalue weighted by Gasteiger charge is 2.07. The summed E-state index contributed by atoms with van der Waals surface area (Å²) in [6, 6.07) is 11.4. The summed E-state index contributed by atoms with van der Waals surface area (Å²) >= 11 is 0. The highest BCUT2D eigenvalue weighted by Crippen LogP contribution is 2.20. The van der Waals surface area contributed by atoms with Crippen molar-refractivity contribution in [2.75, 3.05) is 6.26 Å². The maximum Gasteiger partial charge on any atom is 0.175 e. The average Bonchev–Trinajstić information content (AvgIpc) is 2.26. The second kappa shape index (κ2) is 3.91. The zero-order chi connectivity index (χ0) is 11.8. The van der Waals surface area contributed by atoms with Crippen LogP contribution in [-0.4, -0.2) is 14.7 Å². The molecular formula is C13H14O2S. The molecule has 0 unspecified atom stereocenters. The molecule has 0 saturated heterocycles. The zero-order valence-corrected chi connectivity index (χ0v) is 10.2. The van der Waals surface area contributed by atoms with E-state index in [0.29, 0.717) is 4.90 Å². The normalized spacial score (nSPS) is 11.9. The minimum Gasteiger partial charge on any atom is -0.224 e. The van der Waals surface area contributed by atoms with Crippen molar-refractivity contribution in [1.29, 1.82) is 0 Å². The second-order valence-corrected chi connectivity index (χ2v) is 5.98. The fourth-order valence-corrected chi connectivity index (χ4v) is 2.38. The lowest BCUT2D eigenvalue weighted by molar-refractivity contribution is 0.602. The highest BCUT2D eigenvalue weighted by atomic mass is 32.2. The van der Waals surface area contributed by atoms with Gasteiger partial charge in [0, 0.05) is 6.26 Å². The number of aryl methyl sites for hydroxylation is 1. The van der Waals surface area contributed by atoms with Crippen LogP contribution in [0.5, 0.6) is 0 Å². The van der Waals surface area contributed by atoms with Crippen LogP contribution in [0.3, 0.4) is 0 Å². The lowest BCUT2D eigenvalue weighted by Crippen LogP contribution is -1.96. The van der Waals surface area contributed by atoms with Crippen molar-refractivity contribution in [2.24, 2.45) is 0 Å². The van der Waals surface area contributed by atoms with Gasteiger partial charge in [0.25, 0.3) is 0 Å². The molecule has 16 heavy (non-hydrogen) atoms. The van der Waals surface area contributed by atoms with Gasteiger partial charge in [-0.05, 0) is 34.9 Å². The second-order valence-electron chi connectivity index (χ2n) is 3.97. The van der Waals surface area contributed by atoms with E-state index in [-0.39, 0.29) is 0 Å². The Morgan fingerprint density at radius 3 is 2.31 bits per heavy atom. The number of sulfone groups is 1. The van der Waals surface area contributed by atoms with Crippen LogP contribution in [0.1, 0.15) is 12.5 Å². The molecule has 0 radical (unpaired) electrons. The number of rotatable bonds is 2. The number of hydrogen-bond donors (Lipinski definition) is 0. The van der Waals surface area contributed by atoms with E-state index in [2.05, 4.69) is 13.0 Å². The molecule has 2 nitrogen and oxygen atoms in total. The highest BCUT2D eigenvalue weighted by molar-refractivity contribution is 7.90. The average molecular weight is 234 g/mol. The van der Waals surface area contributed by atoms with Crippen LogP contribution < -0.4 is 0 Å². The van der Waals surface area contributed by atoms with E-state index in [9.17, 15) is 8.42 Å². The van der Waals surface area contributed by atoms with Gasteiger partial charge < -0.3 is 0 Å².